The zero-order valence-corrected chi connectivity index (χ0v) is 20.4. The van der Waals surface area contributed by atoms with Crippen molar-refractivity contribution in [2.75, 3.05) is 31.9 Å². The number of benzene rings is 1. The molecule has 33 heavy (non-hydrogen) atoms. The Morgan fingerprint density at radius 2 is 1.70 bits per heavy atom. The van der Waals surface area contributed by atoms with Crippen LogP contribution in [0.4, 0.5) is 0 Å². The minimum atomic E-state index is 0.0904. The second-order valence-corrected chi connectivity index (χ2v) is 10.0. The number of rotatable bonds is 8. The number of carbonyl (C=O) groups excluding carboxylic acids is 2. The van der Waals surface area contributed by atoms with Crippen molar-refractivity contribution >= 4 is 23.6 Å². The van der Waals surface area contributed by atoms with E-state index in [1.807, 2.05) is 26.5 Å². The highest BCUT2D eigenvalue weighted by Gasteiger charge is 2.25. The van der Waals surface area contributed by atoms with Crippen LogP contribution in [0.25, 0.3) is 5.69 Å². The van der Waals surface area contributed by atoms with Crippen LogP contribution in [0.2, 0.25) is 0 Å². The molecule has 4 rings (SSSR count). The Morgan fingerprint density at radius 3 is 2.42 bits per heavy atom. The van der Waals surface area contributed by atoms with Gasteiger partial charge in [0.1, 0.15) is 6.33 Å². The number of aromatic nitrogens is 3. The van der Waals surface area contributed by atoms with Crippen molar-refractivity contribution in [1.29, 1.82) is 0 Å². The Morgan fingerprint density at radius 1 is 1.00 bits per heavy atom. The lowest BCUT2D eigenvalue weighted by Crippen LogP contribution is -2.51. The van der Waals surface area contributed by atoms with Crippen molar-refractivity contribution in [1.82, 2.24) is 24.6 Å². The van der Waals surface area contributed by atoms with Gasteiger partial charge in [-0.25, -0.2) is 0 Å². The Balaban J connectivity index is 1.23. The highest BCUT2D eigenvalue weighted by atomic mass is 32.2. The van der Waals surface area contributed by atoms with Crippen molar-refractivity contribution in [2.45, 2.75) is 63.4 Å². The van der Waals surface area contributed by atoms with Crippen LogP contribution in [0, 0.1) is 5.92 Å². The first-order chi connectivity index (χ1) is 16.2. The van der Waals surface area contributed by atoms with E-state index in [9.17, 15) is 9.59 Å². The molecule has 0 spiro atoms. The third kappa shape index (κ3) is 6.16. The molecule has 0 bridgehead atoms. The number of hydrogen-bond acceptors (Lipinski definition) is 5. The molecule has 178 valence electrons. The first kappa shape index (κ1) is 23.8. The quantitative estimate of drug-likeness (QED) is 0.548. The SMILES string of the molecule is CCc1ccccc1-n1cnnc1SCC(=O)N1CCN(C(=O)CCC2CCCCC2)CC1. The fourth-order valence-corrected chi connectivity index (χ4v) is 5.74. The van der Waals surface area contributed by atoms with Gasteiger partial charge < -0.3 is 9.80 Å². The second-order valence-electron chi connectivity index (χ2n) is 9.06. The topological polar surface area (TPSA) is 71.3 Å². The summed E-state index contributed by atoms with van der Waals surface area (Å²) in [5, 5.41) is 9.02. The summed E-state index contributed by atoms with van der Waals surface area (Å²) in [5.41, 5.74) is 2.27. The van der Waals surface area contributed by atoms with E-state index in [0.717, 1.165) is 29.6 Å². The maximum Gasteiger partial charge on any atom is 0.233 e. The number of nitrogens with zero attached hydrogens (tertiary/aromatic N) is 5. The van der Waals surface area contributed by atoms with Crippen LogP contribution in [-0.2, 0) is 16.0 Å². The molecule has 1 aliphatic heterocycles. The van der Waals surface area contributed by atoms with Crippen molar-refractivity contribution in [3.63, 3.8) is 0 Å². The molecule has 1 aromatic heterocycles. The molecule has 8 heteroatoms. The van der Waals surface area contributed by atoms with Crippen LogP contribution in [-0.4, -0.2) is 68.3 Å². The van der Waals surface area contributed by atoms with E-state index in [4.69, 9.17) is 0 Å². The fourth-order valence-electron chi connectivity index (χ4n) is 4.92. The smallest absolute Gasteiger partial charge is 0.233 e. The van der Waals surface area contributed by atoms with Gasteiger partial charge in [-0.2, -0.15) is 0 Å². The van der Waals surface area contributed by atoms with Crippen LogP contribution in [0.15, 0.2) is 35.7 Å². The van der Waals surface area contributed by atoms with E-state index in [1.54, 1.807) is 6.33 Å². The molecule has 1 aromatic carbocycles. The first-order valence-electron chi connectivity index (χ1n) is 12.3. The lowest BCUT2D eigenvalue weighted by molar-refractivity contribution is -0.138. The normalized spacial score (nSPS) is 17.4. The van der Waals surface area contributed by atoms with Gasteiger partial charge in [0.05, 0.1) is 11.4 Å². The average molecular weight is 470 g/mol. The summed E-state index contributed by atoms with van der Waals surface area (Å²) in [7, 11) is 0. The summed E-state index contributed by atoms with van der Waals surface area (Å²) in [6.45, 7) is 4.62. The first-order valence-corrected chi connectivity index (χ1v) is 13.3. The Bertz CT molecular complexity index is 932. The molecule has 2 amide bonds. The molecule has 0 atom stereocenters. The summed E-state index contributed by atoms with van der Waals surface area (Å²) >= 11 is 1.42. The zero-order valence-electron chi connectivity index (χ0n) is 19.6. The van der Waals surface area contributed by atoms with E-state index >= 15 is 0 Å². The molecule has 2 fully saturated rings. The Hall–Kier alpha value is -2.35. The summed E-state index contributed by atoms with van der Waals surface area (Å²) in [6.07, 6.45) is 10.9. The molecule has 2 aliphatic rings. The number of aryl methyl sites for hydroxylation is 1. The highest BCUT2D eigenvalue weighted by molar-refractivity contribution is 7.99. The molecule has 1 saturated heterocycles. The van der Waals surface area contributed by atoms with Gasteiger partial charge in [-0.3, -0.25) is 14.2 Å². The standard InChI is InChI=1S/C25H35N5O2S/c1-2-21-10-6-7-11-22(21)30-19-26-27-25(30)33-18-24(32)29-16-14-28(15-17-29)23(31)13-12-20-8-4-3-5-9-20/h6-7,10-11,19-20H,2-5,8-9,12-18H2,1H3. The largest absolute Gasteiger partial charge is 0.339 e. The Kier molecular flexibility index (Phi) is 8.42. The van der Waals surface area contributed by atoms with E-state index < -0.39 is 0 Å². The van der Waals surface area contributed by atoms with Gasteiger partial charge in [0.15, 0.2) is 5.16 Å². The van der Waals surface area contributed by atoms with Crippen LogP contribution < -0.4 is 0 Å². The van der Waals surface area contributed by atoms with Gasteiger partial charge in [-0.05, 0) is 30.4 Å². The van der Waals surface area contributed by atoms with Gasteiger partial charge in [-0.15, -0.1) is 10.2 Å². The van der Waals surface area contributed by atoms with E-state index in [1.165, 1.54) is 49.4 Å². The molecular weight excluding hydrogens is 434 g/mol. The van der Waals surface area contributed by atoms with Crippen LogP contribution in [0.5, 0.6) is 0 Å². The molecule has 1 saturated carbocycles. The number of piperazine rings is 1. The highest BCUT2D eigenvalue weighted by Crippen LogP contribution is 2.28. The molecular formula is C25H35N5O2S. The molecule has 0 unspecified atom stereocenters. The average Bonchev–Trinajstić information content (AvgIpc) is 3.35. The van der Waals surface area contributed by atoms with Gasteiger partial charge in [0, 0.05) is 32.6 Å². The monoisotopic (exact) mass is 469 g/mol. The number of para-hydroxylation sites is 1. The fraction of sp³-hybridized carbons (Fsp3) is 0.600. The van der Waals surface area contributed by atoms with E-state index in [0.29, 0.717) is 38.4 Å². The molecule has 0 N–H and O–H groups in total. The van der Waals surface area contributed by atoms with Crippen LogP contribution in [0.3, 0.4) is 0 Å². The number of hydrogen-bond donors (Lipinski definition) is 0. The second kappa shape index (κ2) is 11.7. The van der Waals surface area contributed by atoms with Crippen molar-refractivity contribution in [2.24, 2.45) is 5.92 Å². The maximum atomic E-state index is 12.8. The number of thioether (sulfide) groups is 1. The van der Waals surface area contributed by atoms with Gasteiger partial charge in [0.25, 0.3) is 0 Å². The molecule has 2 aromatic rings. The van der Waals surface area contributed by atoms with Gasteiger partial charge >= 0.3 is 0 Å². The Labute approximate surface area is 200 Å². The molecule has 7 nitrogen and oxygen atoms in total. The van der Waals surface area contributed by atoms with Gasteiger partial charge in [0.2, 0.25) is 11.8 Å². The number of amides is 2. The van der Waals surface area contributed by atoms with Gasteiger partial charge in [-0.1, -0.05) is 69.0 Å². The summed E-state index contributed by atoms with van der Waals surface area (Å²) in [5.74, 6) is 1.40. The minimum absolute atomic E-state index is 0.0904. The maximum absolute atomic E-state index is 12.8. The molecule has 2 heterocycles. The zero-order chi connectivity index (χ0) is 23.0. The summed E-state index contributed by atoms with van der Waals surface area (Å²) < 4.78 is 1.96. The predicted octanol–water partition coefficient (Wildman–Crippen LogP) is 3.95. The van der Waals surface area contributed by atoms with Crippen LogP contribution in [0.1, 0.15) is 57.4 Å². The van der Waals surface area contributed by atoms with Crippen molar-refractivity contribution < 1.29 is 9.59 Å². The van der Waals surface area contributed by atoms with E-state index in [2.05, 4.69) is 29.3 Å². The minimum Gasteiger partial charge on any atom is -0.339 e. The summed E-state index contributed by atoms with van der Waals surface area (Å²) in [4.78, 5) is 29.3. The molecule has 1 aliphatic carbocycles. The van der Waals surface area contributed by atoms with E-state index in [-0.39, 0.29) is 11.8 Å². The molecule has 0 radical (unpaired) electrons. The predicted molar refractivity (Wildman–Crippen MR) is 130 cm³/mol. The van der Waals surface area contributed by atoms with Crippen molar-refractivity contribution in [3.05, 3.63) is 36.2 Å². The third-order valence-corrected chi connectivity index (χ3v) is 7.88. The van der Waals surface area contributed by atoms with Crippen LogP contribution >= 0.6 is 11.8 Å². The lowest BCUT2D eigenvalue weighted by Gasteiger charge is -2.35. The number of carbonyl (C=O) groups is 2. The third-order valence-electron chi connectivity index (χ3n) is 6.95. The lowest BCUT2D eigenvalue weighted by atomic mass is 9.86. The summed E-state index contributed by atoms with van der Waals surface area (Å²) in [6, 6.07) is 8.19. The van der Waals surface area contributed by atoms with Crippen molar-refractivity contribution in [3.8, 4) is 5.69 Å².